The highest BCUT2D eigenvalue weighted by Gasteiger charge is 2.54. The Morgan fingerprint density at radius 2 is 1.07 bits per heavy atom. The monoisotopic (exact) mass is 1010 g/mol. The Morgan fingerprint density at radius 1 is 0.559 bits per heavy atom. The van der Waals surface area contributed by atoms with Gasteiger partial charge in [0.1, 0.15) is 43.2 Å². The predicted molar refractivity (Wildman–Crippen MR) is 261 cm³/mol. The van der Waals surface area contributed by atoms with Crippen LogP contribution in [0.15, 0.2) is 72.9 Å². The number of ether oxygens (including phenoxy) is 2. The summed E-state index contributed by atoms with van der Waals surface area (Å²) in [6, 6.07) is 0. The SMILES string of the molecule is CC/C=C\C/C=C\CC(O)/C=C/C=C\C/C=C\C/C=C\CCC(=O)OC[C@H](COP(=O)(O)O[C@H]1C(O)C(O)C(O)[C@@H](OP(=O)(O)O)C1O)OC(=O)CCCCCCCCCCCCCCCCC. The first kappa shape index (κ1) is 63.4. The molecule has 0 aromatic carbocycles. The summed E-state index contributed by atoms with van der Waals surface area (Å²) in [4.78, 5) is 54.3. The van der Waals surface area contributed by atoms with E-state index in [2.05, 4.69) is 30.5 Å². The minimum absolute atomic E-state index is 0.0180. The summed E-state index contributed by atoms with van der Waals surface area (Å²) in [5.41, 5.74) is 0. The van der Waals surface area contributed by atoms with Gasteiger partial charge >= 0.3 is 27.6 Å². The van der Waals surface area contributed by atoms with Gasteiger partial charge in [0, 0.05) is 12.8 Å². The zero-order valence-electron chi connectivity index (χ0n) is 40.4. The Kier molecular flexibility index (Phi) is 36.4. The lowest BCUT2D eigenvalue weighted by atomic mass is 9.85. The average Bonchev–Trinajstić information content (AvgIpc) is 3.29. The lowest BCUT2D eigenvalue weighted by Gasteiger charge is -2.43. The van der Waals surface area contributed by atoms with Crippen LogP contribution in [0.1, 0.15) is 162 Å². The van der Waals surface area contributed by atoms with Crippen LogP contribution in [-0.2, 0) is 41.8 Å². The molecule has 8 N–H and O–H groups in total. The fourth-order valence-electron chi connectivity index (χ4n) is 7.08. The summed E-state index contributed by atoms with van der Waals surface area (Å²) in [6.45, 7) is 2.87. The van der Waals surface area contributed by atoms with Crippen molar-refractivity contribution in [2.24, 2.45) is 0 Å². The normalized spacial score (nSPS) is 22.3. The summed E-state index contributed by atoms with van der Waals surface area (Å²) in [5, 5.41) is 51.3. The maximum atomic E-state index is 13.0. The molecule has 0 heterocycles. The second-order valence-corrected chi connectivity index (χ2v) is 19.6. The van der Waals surface area contributed by atoms with E-state index < -0.39 is 89.6 Å². The zero-order valence-corrected chi connectivity index (χ0v) is 42.2. The lowest BCUT2D eigenvalue weighted by molar-refractivity contribution is -0.216. The molecule has 0 aromatic heterocycles. The van der Waals surface area contributed by atoms with Crippen LogP contribution in [0, 0.1) is 0 Å². The van der Waals surface area contributed by atoms with Gasteiger partial charge in [-0.05, 0) is 44.9 Å². The largest absolute Gasteiger partial charge is 0.472 e. The number of phosphoric acid groups is 2. The number of hydrogen-bond acceptors (Lipinski definition) is 14. The number of carbonyl (C=O) groups excluding carboxylic acids is 2. The van der Waals surface area contributed by atoms with Crippen molar-refractivity contribution in [1.82, 2.24) is 0 Å². The van der Waals surface area contributed by atoms with E-state index in [0.29, 0.717) is 32.1 Å². The Hall–Kier alpha value is -2.60. The van der Waals surface area contributed by atoms with Crippen molar-refractivity contribution < 1.29 is 82.0 Å². The molecule has 17 nitrogen and oxygen atoms in total. The lowest BCUT2D eigenvalue weighted by Crippen LogP contribution is -2.64. The molecule has 1 saturated carbocycles. The molecule has 9 atom stereocenters. The number of esters is 2. The van der Waals surface area contributed by atoms with E-state index in [0.717, 1.165) is 38.5 Å². The van der Waals surface area contributed by atoms with Crippen molar-refractivity contribution >= 4 is 27.6 Å². The first-order chi connectivity index (χ1) is 32.5. The maximum Gasteiger partial charge on any atom is 0.472 e. The molecule has 1 rings (SSSR count). The van der Waals surface area contributed by atoms with Crippen LogP contribution in [0.4, 0.5) is 0 Å². The Morgan fingerprint density at radius 3 is 1.65 bits per heavy atom. The Labute approximate surface area is 404 Å². The van der Waals surface area contributed by atoms with Crippen LogP contribution < -0.4 is 0 Å². The topological polar surface area (TPSA) is 276 Å². The van der Waals surface area contributed by atoms with Crippen molar-refractivity contribution in [3.8, 4) is 0 Å². The number of aliphatic hydroxyl groups is 5. The van der Waals surface area contributed by atoms with Crippen molar-refractivity contribution in [3.05, 3.63) is 72.9 Å². The number of aliphatic hydroxyl groups excluding tert-OH is 5. The van der Waals surface area contributed by atoms with E-state index >= 15 is 0 Å². The molecule has 1 fully saturated rings. The molecule has 0 bridgehead atoms. The molecule has 0 aliphatic heterocycles. The van der Waals surface area contributed by atoms with Gasteiger partial charge in [-0.2, -0.15) is 0 Å². The number of phosphoric ester groups is 2. The zero-order chi connectivity index (χ0) is 50.5. The first-order valence-corrected chi connectivity index (χ1v) is 27.6. The van der Waals surface area contributed by atoms with E-state index in [1.54, 1.807) is 12.2 Å². The van der Waals surface area contributed by atoms with Crippen molar-refractivity contribution in [2.45, 2.75) is 210 Å². The minimum atomic E-state index is -5.38. The fraction of sp³-hybridized carbons (Fsp3) is 0.714. The summed E-state index contributed by atoms with van der Waals surface area (Å²) >= 11 is 0. The summed E-state index contributed by atoms with van der Waals surface area (Å²) in [6.07, 6.45) is 28.9. The van der Waals surface area contributed by atoms with Crippen molar-refractivity contribution in [1.29, 1.82) is 0 Å². The van der Waals surface area contributed by atoms with Crippen molar-refractivity contribution in [3.63, 3.8) is 0 Å². The molecular weight excluding hydrogens is 922 g/mol. The Bertz CT molecular complexity index is 1610. The second kappa shape index (κ2) is 39.1. The van der Waals surface area contributed by atoms with Crippen LogP contribution in [0.5, 0.6) is 0 Å². The van der Waals surface area contributed by atoms with Gasteiger partial charge in [0.05, 0.1) is 12.7 Å². The number of allylic oxidation sites excluding steroid dienone is 10. The predicted octanol–water partition coefficient (Wildman–Crippen LogP) is 8.59. The highest BCUT2D eigenvalue weighted by molar-refractivity contribution is 7.47. The van der Waals surface area contributed by atoms with Gasteiger partial charge in [-0.1, -0.05) is 177 Å². The number of rotatable bonds is 40. The molecule has 392 valence electrons. The van der Waals surface area contributed by atoms with Crippen LogP contribution >= 0.6 is 15.6 Å². The molecule has 0 saturated heterocycles. The van der Waals surface area contributed by atoms with Crippen LogP contribution in [0.25, 0.3) is 0 Å². The van der Waals surface area contributed by atoms with Gasteiger partial charge in [-0.3, -0.25) is 23.2 Å². The van der Waals surface area contributed by atoms with Gasteiger partial charge in [-0.25, -0.2) is 9.13 Å². The van der Waals surface area contributed by atoms with Crippen LogP contribution in [-0.4, -0.2) is 114 Å². The van der Waals surface area contributed by atoms with E-state index in [1.165, 1.54) is 64.2 Å². The molecule has 0 spiro atoms. The quantitative estimate of drug-likeness (QED) is 0.00938. The van der Waals surface area contributed by atoms with Crippen LogP contribution in [0.3, 0.4) is 0 Å². The highest BCUT2D eigenvalue weighted by atomic mass is 31.2. The molecular formula is C49H84O17P2. The first-order valence-electron chi connectivity index (χ1n) is 24.6. The third-order valence-corrected chi connectivity index (χ3v) is 12.4. The van der Waals surface area contributed by atoms with E-state index in [9.17, 15) is 58.9 Å². The van der Waals surface area contributed by atoms with Gasteiger partial charge in [0.2, 0.25) is 0 Å². The highest BCUT2D eigenvalue weighted by Crippen LogP contribution is 2.49. The number of unbranched alkanes of at least 4 members (excludes halogenated alkanes) is 14. The second-order valence-electron chi connectivity index (χ2n) is 17.0. The van der Waals surface area contributed by atoms with E-state index in [4.69, 9.17) is 18.5 Å². The molecule has 19 heteroatoms. The number of hydrogen-bond donors (Lipinski definition) is 8. The summed E-state index contributed by atoms with van der Waals surface area (Å²) in [7, 11) is -10.7. The molecule has 0 aromatic rings. The Balaban J connectivity index is 2.64. The van der Waals surface area contributed by atoms with E-state index in [1.807, 2.05) is 48.6 Å². The molecule has 6 unspecified atom stereocenters. The fourth-order valence-corrected chi connectivity index (χ4v) is 8.62. The summed E-state index contributed by atoms with van der Waals surface area (Å²) < 4.78 is 49.3. The van der Waals surface area contributed by atoms with Gasteiger partial charge in [-0.15, -0.1) is 0 Å². The standard InChI is InChI=1S/C49H84O17P2/c1-3-5-7-9-11-12-13-14-15-16-17-22-25-29-33-37-43(52)64-41(39-63-68(60,61)66-49-46(55)44(53)45(54)48(47(49)56)65-67(57,58)59)38-62-42(51)36-32-28-24-21-19-18-20-23-27-31-35-40(50)34-30-26-10-8-6-4-2/h6,8,18-19,23-24,26-28,30-31,35,40-41,44-50,53-56H,3-5,7,9-17,20-22,25,29,32-34,36-39H2,1-2H3,(H,60,61)(H2,57,58,59)/b8-6-,19-18-,27-23-,28-24-,30-26-,35-31+/t40?,41-,44?,45?,46?,47?,48-,49+/m1/s1. The van der Waals surface area contributed by atoms with Gasteiger partial charge < -0.3 is 49.7 Å². The average molecular weight is 1010 g/mol. The molecule has 0 radical (unpaired) electrons. The maximum absolute atomic E-state index is 13.0. The minimum Gasteiger partial charge on any atom is -0.462 e. The van der Waals surface area contributed by atoms with E-state index in [-0.39, 0.29) is 12.8 Å². The van der Waals surface area contributed by atoms with Gasteiger partial charge in [0.15, 0.2) is 6.10 Å². The summed E-state index contributed by atoms with van der Waals surface area (Å²) in [5.74, 6) is -1.33. The van der Waals surface area contributed by atoms with Gasteiger partial charge in [0.25, 0.3) is 0 Å². The van der Waals surface area contributed by atoms with Crippen LogP contribution in [0.2, 0.25) is 0 Å². The smallest absolute Gasteiger partial charge is 0.462 e. The molecule has 1 aliphatic rings. The molecule has 68 heavy (non-hydrogen) atoms. The van der Waals surface area contributed by atoms with Crippen molar-refractivity contribution in [2.75, 3.05) is 13.2 Å². The number of carbonyl (C=O) groups is 2. The third-order valence-electron chi connectivity index (χ3n) is 10.9. The molecule has 0 amide bonds. The molecule has 1 aliphatic carbocycles. The third kappa shape index (κ3) is 33.1.